The van der Waals surface area contributed by atoms with E-state index in [1.54, 1.807) is 26.0 Å². The van der Waals surface area contributed by atoms with E-state index in [1.165, 1.54) is 0 Å². The molecule has 4 nitrogen and oxygen atoms in total. The maximum absolute atomic E-state index is 11.6. The van der Waals surface area contributed by atoms with Gasteiger partial charge in [0, 0.05) is 0 Å². The first-order valence-corrected chi connectivity index (χ1v) is 4.72. The van der Waals surface area contributed by atoms with Crippen LogP contribution in [0.5, 0.6) is 0 Å². The van der Waals surface area contributed by atoms with Crippen LogP contribution >= 0.6 is 0 Å². The molecule has 4 heteroatoms. The van der Waals surface area contributed by atoms with Crippen molar-refractivity contribution in [1.82, 2.24) is 0 Å². The van der Waals surface area contributed by atoms with Gasteiger partial charge >= 0.3 is 5.97 Å². The monoisotopic (exact) mass is 217 g/mol. The number of carbonyl (C=O) groups is 2. The molecule has 0 radical (unpaired) electrons. The van der Waals surface area contributed by atoms with Gasteiger partial charge in [-0.15, -0.1) is 0 Å². The Bertz CT molecular complexity index is 449. The van der Waals surface area contributed by atoms with Gasteiger partial charge in [-0.05, 0) is 37.1 Å². The molecule has 0 unspecified atom stereocenters. The number of esters is 1. The maximum Gasteiger partial charge on any atom is 0.339 e. The predicted molar refractivity (Wildman–Crippen MR) is 57.0 cm³/mol. The molecule has 0 amide bonds. The van der Waals surface area contributed by atoms with Crippen molar-refractivity contribution in [3.63, 3.8) is 0 Å². The minimum absolute atomic E-state index is 0.252. The number of hydrogen-bond acceptors (Lipinski definition) is 4. The molecule has 0 aliphatic heterocycles. The molecular formula is C12H11NO3. The van der Waals surface area contributed by atoms with E-state index in [0.717, 1.165) is 0 Å². The minimum atomic E-state index is -0.536. The van der Waals surface area contributed by atoms with Crippen LogP contribution in [0.4, 0.5) is 0 Å². The zero-order chi connectivity index (χ0) is 12.1. The predicted octanol–water partition coefficient (Wildman–Crippen LogP) is 1.53. The Morgan fingerprint density at radius 1 is 1.44 bits per heavy atom. The van der Waals surface area contributed by atoms with Crippen molar-refractivity contribution >= 4 is 12.3 Å². The fourth-order valence-corrected chi connectivity index (χ4v) is 1.53. The van der Waals surface area contributed by atoms with Gasteiger partial charge in [0.1, 0.15) is 6.61 Å². The molecule has 0 saturated heterocycles. The second-order valence-electron chi connectivity index (χ2n) is 3.36. The molecule has 1 aromatic rings. The van der Waals surface area contributed by atoms with Crippen molar-refractivity contribution in [3.8, 4) is 6.07 Å². The number of rotatable bonds is 3. The molecule has 0 atom stereocenters. The van der Waals surface area contributed by atoms with E-state index in [1.807, 2.05) is 6.07 Å². The number of carbonyl (C=O) groups excluding carboxylic acids is 2. The third-order valence-corrected chi connectivity index (χ3v) is 2.15. The molecule has 0 heterocycles. The molecule has 0 aliphatic carbocycles. The number of hydrogen-bond donors (Lipinski definition) is 0. The zero-order valence-electron chi connectivity index (χ0n) is 9.11. The molecular weight excluding hydrogens is 206 g/mol. The first kappa shape index (κ1) is 11.9. The van der Waals surface area contributed by atoms with Crippen molar-refractivity contribution in [3.05, 3.63) is 34.4 Å². The lowest BCUT2D eigenvalue weighted by Crippen LogP contribution is -2.11. The van der Waals surface area contributed by atoms with Crippen LogP contribution in [0, 0.1) is 25.2 Å². The van der Waals surface area contributed by atoms with Crippen molar-refractivity contribution in [1.29, 1.82) is 5.26 Å². The van der Waals surface area contributed by atoms with E-state index in [-0.39, 0.29) is 6.61 Å². The van der Waals surface area contributed by atoms with E-state index in [2.05, 4.69) is 0 Å². The second kappa shape index (κ2) is 5.08. The molecule has 0 saturated carbocycles. The molecule has 1 aromatic carbocycles. The highest BCUT2D eigenvalue weighted by molar-refractivity contribution is 5.93. The van der Waals surface area contributed by atoms with Crippen LogP contribution in [0.2, 0.25) is 0 Å². The average molecular weight is 217 g/mol. The summed E-state index contributed by atoms with van der Waals surface area (Å²) in [5.74, 6) is -0.536. The molecule has 82 valence electrons. The third-order valence-electron chi connectivity index (χ3n) is 2.15. The molecule has 0 bridgehead atoms. The number of benzene rings is 1. The van der Waals surface area contributed by atoms with Gasteiger partial charge in [0.05, 0.1) is 17.2 Å². The van der Waals surface area contributed by atoms with Crippen LogP contribution < -0.4 is 0 Å². The number of nitrogens with zero attached hydrogens (tertiary/aromatic N) is 1. The van der Waals surface area contributed by atoms with Crippen molar-refractivity contribution in [2.75, 3.05) is 6.61 Å². The summed E-state index contributed by atoms with van der Waals surface area (Å²) in [5.41, 5.74) is 2.27. The van der Waals surface area contributed by atoms with Gasteiger partial charge < -0.3 is 4.74 Å². The maximum atomic E-state index is 11.6. The van der Waals surface area contributed by atoms with Crippen molar-refractivity contribution < 1.29 is 14.3 Å². The van der Waals surface area contributed by atoms with Gasteiger partial charge in [0.2, 0.25) is 0 Å². The van der Waals surface area contributed by atoms with E-state index in [4.69, 9.17) is 10.00 Å². The molecule has 0 spiro atoms. The normalized spacial score (nSPS) is 9.31. The number of nitriles is 1. The molecule has 1 rings (SSSR count). The van der Waals surface area contributed by atoms with Crippen molar-refractivity contribution in [2.24, 2.45) is 0 Å². The average Bonchev–Trinajstić information content (AvgIpc) is 2.25. The third kappa shape index (κ3) is 2.45. The highest BCUT2D eigenvalue weighted by Gasteiger charge is 2.14. The van der Waals surface area contributed by atoms with Gasteiger partial charge in [-0.2, -0.15) is 5.26 Å². The van der Waals surface area contributed by atoms with Gasteiger partial charge in [-0.1, -0.05) is 0 Å². The van der Waals surface area contributed by atoms with Gasteiger partial charge in [0.15, 0.2) is 6.29 Å². The minimum Gasteiger partial charge on any atom is -0.454 e. The summed E-state index contributed by atoms with van der Waals surface area (Å²) < 4.78 is 4.72. The highest BCUT2D eigenvalue weighted by Crippen LogP contribution is 2.17. The molecule has 0 aromatic heterocycles. The Morgan fingerprint density at radius 3 is 2.44 bits per heavy atom. The number of aldehydes is 1. The lowest BCUT2D eigenvalue weighted by atomic mass is 10.00. The fourth-order valence-electron chi connectivity index (χ4n) is 1.53. The first-order valence-electron chi connectivity index (χ1n) is 4.72. The number of ether oxygens (including phenoxy) is 1. The summed E-state index contributed by atoms with van der Waals surface area (Å²) in [4.78, 5) is 21.7. The second-order valence-corrected chi connectivity index (χ2v) is 3.36. The molecule has 16 heavy (non-hydrogen) atoms. The summed E-state index contributed by atoms with van der Waals surface area (Å²) in [7, 11) is 0. The topological polar surface area (TPSA) is 67.2 Å². The zero-order valence-corrected chi connectivity index (χ0v) is 9.11. The van der Waals surface area contributed by atoms with Crippen LogP contribution in [-0.2, 0) is 9.53 Å². The summed E-state index contributed by atoms with van der Waals surface area (Å²) in [6.07, 6.45) is 0.520. The fraction of sp³-hybridized carbons (Fsp3) is 0.250. The van der Waals surface area contributed by atoms with Crippen LogP contribution in [0.1, 0.15) is 27.0 Å². The summed E-state index contributed by atoms with van der Waals surface area (Å²) in [5, 5.41) is 8.74. The van der Waals surface area contributed by atoms with E-state index < -0.39 is 5.97 Å². The molecule has 0 N–H and O–H groups in total. The quantitative estimate of drug-likeness (QED) is 0.568. The molecule has 0 aliphatic rings. The Kier molecular flexibility index (Phi) is 3.78. The van der Waals surface area contributed by atoms with Crippen LogP contribution in [0.25, 0.3) is 0 Å². The van der Waals surface area contributed by atoms with Gasteiger partial charge in [0.25, 0.3) is 0 Å². The Balaban J connectivity index is 3.10. The largest absolute Gasteiger partial charge is 0.454 e. The van der Waals surface area contributed by atoms with Crippen LogP contribution in [-0.4, -0.2) is 18.9 Å². The Hall–Kier alpha value is -2.15. The van der Waals surface area contributed by atoms with E-state index >= 15 is 0 Å². The van der Waals surface area contributed by atoms with Gasteiger partial charge in [-0.3, -0.25) is 4.79 Å². The Labute approximate surface area is 93.5 Å². The van der Waals surface area contributed by atoms with Gasteiger partial charge in [-0.25, -0.2) is 4.79 Å². The summed E-state index contributed by atoms with van der Waals surface area (Å²) in [6, 6.07) is 5.24. The SMILES string of the molecule is Cc1cc(C#N)cc(C)c1C(=O)OCC=O. The van der Waals surface area contributed by atoms with Crippen molar-refractivity contribution in [2.45, 2.75) is 13.8 Å². The summed E-state index contributed by atoms with van der Waals surface area (Å²) in [6.45, 7) is 3.20. The Morgan fingerprint density at radius 2 is 2.00 bits per heavy atom. The van der Waals surface area contributed by atoms with E-state index in [0.29, 0.717) is 28.5 Å². The summed E-state index contributed by atoms with van der Waals surface area (Å²) >= 11 is 0. The first-order chi connectivity index (χ1) is 7.60. The lowest BCUT2D eigenvalue weighted by Gasteiger charge is -2.08. The lowest BCUT2D eigenvalue weighted by molar-refractivity contribution is -0.110. The van der Waals surface area contributed by atoms with Crippen LogP contribution in [0.15, 0.2) is 12.1 Å². The van der Waals surface area contributed by atoms with E-state index in [9.17, 15) is 9.59 Å². The highest BCUT2D eigenvalue weighted by atomic mass is 16.5. The standard InChI is InChI=1S/C12H11NO3/c1-8-5-10(7-13)6-9(2)11(8)12(15)16-4-3-14/h3,5-6H,4H2,1-2H3. The smallest absolute Gasteiger partial charge is 0.339 e. The molecule has 0 fully saturated rings. The number of aryl methyl sites for hydroxylation is 2. The van der Waals surface area contributed by atoms with Crippen LogP contribution in [0.3, 0.4) is 0 Å².